The summed E-state index contributed by atoms with van der Waals surface area (Å²) < 4.78 is 0. The van der Waals surface area contributed by atoms with Gasteiger partial charge in [-0.3, -0.25) is 0 Å². The lowest BCUT2D eigenvalue weighted by Crippen LogP contribution is -1.90. The molecule has 0 spiro atoms. The summed E-state index contributed by atoms with van der Waals surface area (Å²) in [7, 11) is 0. The van der Waals surface area contributed by atoms with E-state index >= 15 is 0 Å². The highest BCUT2D eigenvalue weighted by atomic mass is 32.2. The first-order valence-corrected chi connectivity index (χ1v) is 4.90. The van der Waals surface area contributed by atoms with Crippen molar-refractivity contribution in [3.8, 4) is 0 Å². The molecule has 11 heavy (non-hydrogen) atoms. The van der Waals surface area contributed by atoms with Crippen molar-refractivity contribution in [2.45, 2.75) is 30.4 Å². The van der Waals surface area contributed by atoms with Gasteiger partial charge in [-0.1, -0.05) is 24.6 Å². The lowest BCUT2D eigenvalue weighted by molar-refractivity contribution is 0.958. The molecule has 2 rings (SSSR count). The predicted octanol–water partition coefficient (Wildman–Crippen LogP) is 3.03. The molecule has 0 fully saturated rings. The van der Waals surface area contributed by atoms with Crippen LogP contribution in [0.15, 0.2) is 23.1 Å². The number of fused-ring (bicyclic) bond motifs is 1. The largest absolute Gasteiger partial charge is 0.122 e. The van der Waals surface area contributed by atoms with Crippen LogP contribution in [0.4, 0.5) is 0 Å². The Balaban J connectivity index is 2.43. The van der Waals surface area contributed by atoms with Crippen LogP contribution in [-0.2, 0) is 6.42 Å². The molecule has 0 nitrogen and oxygen atoms in total. The molecule has 1 aliphatic rings. The van der Waals surface area contributed by atoms with E-state index in [1.807, 2.05) is 11.8 Å². The average molecular weight is 164 g/mol. The molecule has 1 aromatic carbocycles. The lowest BCUT2D eigenvalue weighted by Gasteiger charge is -1.97. The highest BCUT2D eigenvalue weighted by Crippen LogP contribution is 2.36. The van der Waals surface area contributed by atoms with Gasteiger partial charge in [-0.15, -0.1) is 11.8 Å². The topological polar surface area (TPSA) is 0 Å². The first-order chi connectivity index (χ1) is 5.25. The molecule has 0 saturated carbocycles. The van der Waals surface area contributed by atoms with Crippen molar-refractivity contribution in [3.05, 3.63) is 29.3 Å². The van der Waals surface area contributed by atoms with Gasteiger partial charge in [0.2, 0.25) is 0 Å². The second-order valence-electron chi connectivity index (χ2n) is 3.24. The molecule has 0 radical (unpaired) electrons. The van der Waals surface area contributed by atoms with Gasteiger partial charge < -0.3 is 0 Å². The van der Waals surface area contributed by atoms with E-state index in [2.05, 4.69) is 32.0 Å². The maximum absolute atomic E-state index is 2.31. The van der Waals surface area contributed by atoms with Crippen molar-refractivity contribution >= 4 is 11.8 Å². The second kappa shape index (κ2) is 2.56. The van der Waals surface area contributed by atoms with Crippen molar-refractivity contribution in [1.29, 1.82) is 0 Å². The van der Waals surface area contributed by atoms with Gasteiger partial charge in [0.25, 0.3) is 0 Å². The van der Waals surface area contributed by atoms with Crippen molar-refractivity contribution < 1.29 is 0 Å². The zero-order valence-corrected chi connectivity index (χ0v) is 7.74. The molecule has 0 saturated heterocycles. The van der Waals surface area contributed by atoms with Crippen LogP contribution in [0.2, 0.25) is 0 Å². The molecule has 0 aromatic heterocycles. The van der Waals surface area contributed by atoms with Gasteiger partial charge in [0.05, 0.1) is 0 Å². The van der Waals surface area contributed by atoms with Gasteiger partial charge in [-0.2, -0.15) is 0 Å². The quantitative estimate of drug-likeness (QED) is 0.568. The fraction of sp³-hybridized carbons (Fsp3) is 0.400. The second-order valence-corrected chi connectivity index (χ2v) is 4.72. The molecule has 1 atom stereocenters. The van der Waals surface area contributed by atoms with Crippen molar-refractivity contribution in [2.75, 3.05) is 0 Å². The van der Waals surface area contributed by atoms with E-state index in [-0.39, 0.29) is 0 Å². The van der Waals surface area contributed by atoms with Gasteiger partial charge in [-0.25, -0.2) is 0 Å². The summed E-state index contributed by atoms with van der Waals surface area (Å²) in [4.78, 5) is 1.49. The van der Waals surface area contributed by atoms with Crippen LogP contribution in [0, 0.1) is 6.92 Å². The molecule has 1 heteroatoms. The normalized spacial score (nSPS) is 21.8. The highest BCUT2D eigenvalue weighted by molar-refractivity contribution is 8.00. The van der Waals surface area contributed by atoms with Crippen LogP contribution >= 0.6 is 11.8 Å². The van der Waals surface area contributed by atoms with E-state index in [9.17, 15) is 0 Å². The number of benzene rings is 1. The Bertz CT molecular complexity index is 278. The number of hydrogen-bond donors (Lipinski definition) is 0. The summed E-state index contributed by atoms with van der Waals surface area (Å²) in [6, 6.07) is 6.76. The summed E-state index contributed by atoms with van der Waals surface area (Å²) in [5, 5.41) is 0.784. The fourth-order valence-corrected chi connectivity index (χ4v) is 2.69. The minimum atomic E-state index is 0.784. The summed E-state index contributed by atoms with van der Waals surface area (Å²) in [6.45, 7) is 4.45. The Labute approximate surface area is 72.0 Å². The molecular weight excluding hydrogens is 152 g/mol. The highest BCUT2D eigenvalue weighted by Gasteiger charge is 2.17. The maximum atomic E-state index is 2.31. The number of rotatable bonds is 0. The lowest BCUT2D eigenvalue weighted by atomic mass is 10.1. The maximum Gasteiger partial charge on any atom is 0.0107 e. The van der Waals surface area contributed by atoms with Crippen LogP contribution in [0.25, 0.3) is 0 Å². The minimum Gasteiger partial charge on any atom is -0.122 e. The Morgan fingerprint density at radius 1 is 1.45 bits per heavy atom. The summed E-state index contributed by atoms with van der Waals surface area (Å²) >= 11 is 2.00. The molecule has 0 aliphatic carbocycles. The minimum absolute atomic E-state index is 0.784. The molecule has 1 aliphatic heterocycles. The van der Waals surface area contributed by atoms with Gasteiger partial charge in [0.15, 0.2) is 0 Å². The van der Waals surface area contributed by atoms with Gasteiger partial charge in [0.1, 0.15) is 0 Å². The van der Waals surface area contributed by atoms with Gasteiger partial charge in [-0.05, 0) is 25.0 Å². The number of hydrogen-bond acceptors (Lipinski definition) is 1. The first-order valence-electron chi connectivity index (χ1n) is 4.02. The smallest absolute Gasteiger partial charge is 0.0107 e. The summed E-state index contributed by atoms with van der Waals surface area (Å²) in [6.07, 6.45) is 1.25. The van der Waals surface area contributed by atoms with Crippen LogP contribution in [0.3, 0.4) is 0 Å². The van der Waals surface area contributed by atoms with Crippen molar-refractivity contribution in [3.63, 3.8) is 0 Å². The first kappa shape index (κ1) is 7.23. The van der Waals surface area contributed by atoms with E-state index < -0.39 is 0 Å². The van der Waals surface area contributed by atoms with Crippen LogP contribution < -0.4 is 0 Å². The van der Waals surface area contributed by atoms with E-state index in [1.165, 1.54) is 16.9 Å². The average Bonchev–Trinajstić information content (AvgIpc) is 2.27. The zero-order chi connectivity index (χ0) is 7.84. The van der Waals surface area contributed by atoms with E-state index in [1.54, 1.807) is 5.56 Å². The molecule has 0 amide bonds. The summed E-state index contributed by atoms with van der Waals surface area (Å²) in [5.74, 6) is 0. The Morgan fingerprint density at radius 2 is 2.27 bits per heavy atom. The fourth-order valence-electron chi connectivity index (χ4n) is 1.55. The van der Waals surface area contributed by atoms with E-state index in [0.29, 0.717) is 0 Å². The molecule has 0 unspecified atom stereocenters. The summed E-state index contributed by atoms with van der Waals surface area (Å²) in [5.41, 5.74) is 2.93. The van der Waals surface area contributed by atoms with Crippen LogP contribution in [0.5, 0.6) is 0 Å². The van der Waals surface area contributed by atoms with Crippen molar-refractivity contribution in [1.82, 2.24) is 0 Å². The Morgan fingerprint density at radius 3 is 3.09 bits per heavy atom. The molecule has 1 aromatic rings. The molecule has 58 valence electrons. The molecule has 0 bridgehead atoms. The Kier molecular flexibility index (Phi) is 1.68. The molecule has 0 N–H and O–H groups in total. The van der Waals surface area contributed by atoms with Crippen molar-refractivity contribution in [2.24, 2.45) is 0 Å². The van der Waals surface area contributed by atoms with E-state index in [0.717, 1.165) is 5.25 Å². The number of aryl methyl sites for hydroxylation is 1. The van der Waals surface area contributed by atoms with Gasteiger partial charge >= 0.3 is 0 Å². The monoisotopic (exact) mass is 164 g/mol. The third-order valence-electron chi connectivity index (χ3n) is 2.05. The molecular formula is C10H12S. The SMILES string of the molecule is Cc1ccc2c(c1)C[C@@H](C)S2. The standard InChI is InChI=1S/C10H12S/c1-7-3-4-10-9(5-7)6-8(2)11-10/h3-5,8H,6H2,1-2H3/t8-/m1/s1. The zero-order valence-electron chi connectivity index (χ0n) is 6.92. The predicted molar refractivity (Wildman–Crippen MR) is 50.2 cm³/mol. The third kappa shape index (κ3) is 1.30. The molecule has 1 heterocycles. The van der Waals surface area contributed by atoms with Crippen LogP contribution in [0.1, 0.15) is 18.1 Å². The van der Waals surface area contributed by atoms with Gasteiger partial charge in [0, 0.05) is 10.1 Å². The van der Waals surface area contributed by atoms with E-state index in [4.69, 9.17) is 0 Å². The van der Waals surface area contributed by atoms with Crippen LogP contribution in [-0.4, -0.2) is 5.25 Å². The Hall–Kier alpha value is -0.430. The number of thioether (sulfide) groups is 1. The third-order valence-corrected chi connectivity index (χ3v) is 3.27.